The highest BCUT2D eigenvalue weighted by atomic mass is 16.6. The number of hydrogen-bond acceptors (Lipinski definition) is 3. The summed E-state index contributed by atoms with van der Waals surface area (Å²) in [5, 5.41) is 6.03. The summed E-state index contributed by atoms with van der Waals surface area (Å²) in [6.45, 7) is 7.08. The van der Waals surface area contributed by atoms with Gasteiger partial charge in [-0.2, -0.15) is 0 Å². The number of carbonyl (C=O) groups is 2. The monoisotopic (exact) mass is 629 g/mol. The molecule has 0 unspecified atom stereocenters. The second-order valence-electron chi connectivity index (χ2n) is 13.4. The maximum atomic E-state index is 12.7. The molecule has 0 aliphatic rings. The topological polar surface area (TPSA) is 67.4 Å². The van der Waals surface area contributed by atoms with Gasteiger partial charge in [0.25, 0.3) is 0 Å². The van der Waals surface area contributed by atoms with Crippen molar-refractivity contribution in [1.29, 1.82) is 0 Å². The van der Waals surface area contributed by atoms with Gasteiger partial charge in [0.1, 0.15) is 6.10 Å². The van der Waals surface area contributed by atoms with Crippen molar-refractivity contribution in [3.05, 3.63) is 35.9 Å². The van der Waals surface area contributed by atoms with Crippen LogP contribution in [0.1, 0.15) is 199 Å². The molecule has 0 aromatic heterocycles. The molecule has 45 heavy (non-hydrogen) atoms. The zero-order chi connectivity index (χ0) is 32.6. The van der Waals surface area contributed by atoms with Crippen LogP contribution in [0, 0.1) is 0 Å². The largest absolute Gasteiger partial charge is 0.439 e. The van der Waals surface area contributed by atoms with E-state index in [1.54, 1.807) is 0 Å². The zero-order valence-corrected chi connectivity index (χ0v) is 29.9. The molecular formula is C40H72N2O3. The maximum absolute atomic E-state index is 12.7. The Balaban J connectivity index is 2.15. The molecule has 2 N–H and O–H groups in total. The van der Waals surface area contributed by atoms with E-state index in [2.05, 4.69) is 24.5 Å². The smallest absolute Gasteiger partial charge is 0.407 e. The summed E-state index contributed by atoms with van der Waals surface area (Å²) < 4.78 is 5.86. The van der Waals surface area contributed by atoms with Gasteiger partial charge in [-0.15, -0.1) is 0 Å². The molecule has 0 saturated carbocycles. The molecule has 0 aliphatic carbocycles. The van der Waals surface area contributed by atoms with Gasteiger partial charge >= 0.3 is 6.09 Å². The number of alkyl carbamates (subject to hydrolysis) is 1. The number of amides is 2. The number of benzene rings is 1. The summed E-state index contributed by atoms with van der Waals surface area (Å²) in [6.07, 6.45) is 32.0. The van der Waals surface area contributed by atoms with Crippen LogP contribution in [0.15, 0.2) is 30.3 Å². The predicted octanol–water partition coefficient (Wildman–Crippen LogP) is 12.1. The fourth-order valence-corrected chi connectivity index (χ4v) is 6.12. The molecule has 0 spiro atoms. The third-order valence-corrected chi connectivity index (χ3v) is 9.01. The van der Waals surface area contributed by atoms with E-state index in [1.807, 2.05) is 37.3 Å². The molecule has 2 atom stereocenters. The van der Waals surface area contributed by atoms with Crippen molar-refractivity contribution in [2.75, 3.05) is 6.54 Å². The number of nitrogens with one attached hydrogen (secondary N) is 2. The van der Waals surface area contributed by atoms with Crippen molar-refractivity contribution in [2.45, 2.75) is 200 Å². The van der Waals surface area contributed by atoms with Crippen molar-refractivity contribution in [3.63, 3.8) is 0 Å². The van der Waals surface area contributed by atoms with E-state index in [0.717, 1.165) is 31.2 Å². The minimum atomic E-state index is -0.524. The van der Waals surface area contributed by atoms with Crippen LogP contribution in [0.5, 0.6) is 0 Å². The molecule has 0 fully saturated rings. The molecule has 1 aromatic rings. The van der Waals surface area contributed by atoms with Crippen LogP contribution in [-0.2, 0) is 9.53 Å². The Kier molecular flexibility index (Phi) is 27.9. The predicted molar refractivity (Wildman–Crippen MR) is 193 cm³/mol. The van der Waals surface area contributed by atoms with E-state index >= 15 is 0 Å². The second kappa shape index (κ2) is 30.6. The molecule has 0 radical (unpaired) electrons. The summed E-state index contributed by atoms with van der Waals surface area (Å²) in [5.41, 5.74) is 0.894. The first-order chi connectivity index (χ1) is 22.1. The highest BCUT2D eigenvalue weighted by Crippen LogP contribution is 2.22. The summed E-state index contributed by atoms with van der Waals surface area (Å²) in [4.78, 5) is 25.3. The quantitative estimate of drug-likeness (QED) is 0.0804. The van der Waals surface area contributed by atoms with E-state index in [4.69, 9.17) is 4.74 Å². The first-order valence-electron chi connectivity index (χ1n) is 19.4. The first kappa shape index (κ1) is 41.0. The normalized spacial score (nSPS) is 12.5. The Labute approximate surface area is 278 Å². The van der Waals surface area contributed by atoms with Gasteiger partial charge in [-0.05, 0) is 25.3 Å². The van der Waals surface area contributed by atoms with E-state index in [0.29, 0.717) is 13.0 Å². The number of ether oxygens (including phenoxy) is 1. The van der Waals surface area contributed by atoms with Gasteiger partial charge in [0.2, 0.25) is 5.91 Å². The lowest BCUT2D eigenvalue weighted by molar-refractivity contribution is -0.122. The Morgan fingerprint density at radius 1 is 0.578 bits per heavy atom. The van der Waals surface area contributed by atoms with Crippen LogP contribution in [-0.4, -0.2) is 24.6 Å². The van der Waals surface area contributed by atoms with Crippen LogP contribution in [0.2, 0.25) is 0 Å². The lowest BCUT2D eigenvalue weighted by Crippen LogP contribution is -2.40. The lowest BCUT2D eigenvalue weighted by atomic mass is 10.0. The molecule has 1 aromatic carbocycles. The highest BCUT2D eigenvalue weighted by Gasteiger charge is 2.25. The zero-order valence-electron chi connectivity index (χ0n) is 29.9. The fourth-order valence-electron chi connectivity index (χ4n) is 6.12. The minimum absolute atomic E-state index is 0.0311. The molecule has 0 saturated heterocycles. The summed E-state index contributed by atoms with van der Waals surface area (Å²) in [7, 11) is 0. The average Bonchev–Trinajstić information content (AvgIpc) is 3.04. The van der Waals surface area contributed by atoms with Crippen LogP contribution in [0.25, 0.3) is 0 Å². The van der Waals surface area contributed by atoms with Gasteiger partial charge in [0.15, 0.2) is 0 Å². The minimum Gasteiger partial charge on any atom is -0.439 e. The molecule has 260 valence electrons. The van der Waals surface area contributed by atoms with Crippen molar-refractivity contribution in [3.8, 4) is 0 Å². The van der Waals surface area contributed by atoms with E-state index in [9.17, 15) is 9.59 Å². The standard InChI is InChI=1S/C40H72N2O3/c1-4-6-8-10-12-14-15-16-17-18-19-20-22-24-26-31-35-41-40(44)45-39(37-32-28-27-29-33-37)36(3)42-38(43)34-30-25-23-21-13-11-9-7-5-2/h27-29,32-33,36,39H,4-26,30-31,34-35H2,1-3H3,(H,41,44)(H,42,43)/t36-,39-/m0/s1. The molecule has 0 aliphatic heterocycles. The van der Waals surface area contributed by atoms with E-state index in [-0.39, 0.29) is 11.9 Å². The first-order valence-corrected chi connectivity index (χ1v) is 19.4. The number of carbonyl (C=O) groups excluding carboxylic acids is 2. The number of rotatable bonds is 31. The second-order valence-corrected chi connectivity index (χ2v) is 13.4. The van der Waals surface area contributed by atoms with Crippen molar-refractivity contribution < 1.29 is 14.3 Å². The van der Waals surface area contributed by atoms with Gasteiger partial charge in [0, 0.05) is 13.0 Å². The summed E-state index contributed by atoms with van der Waals surface area (Å²) in [6, 6.07) is 9.44. The third kappa shape index (κ3) is 24.8. The van der Waals surface area contributed by atoms with Crippen LogP contribution in [0.4, 0.5) is 4.79 Å². The molecular weight excluding hydrogens is 556 g/mol. The van der Waals surface area contributed by atoms with Crippen molar-refractivity contribution in [2.24, 2.45) is 0 Å². The average molecular weight is 629 g/mol. The maximum Gasteiger partial charge on any atom is 0.407 e. The number of unbranched alkanes of at least 4 members (excludes halogenated alkanes) is 23. The Morgan fingerprint density at radius 2 is 0.978 bits per heavy atom. The van der Waals surface area contributed by atoms with Gasteiger partial charge in [-0.3, -0.25) is 4.79 Å². The van der Waals surface area contributed by atoms with Crippen LogP contribution < -0.4 is 10.6 Å². The molecule has 5 heteroatoms. The van der Waals surface area contributed by atoms with Crippen molar-refractivity contribution in [1.82, 2.24) is 10.6 Å². The van der Waals surface area contributed by atoms with Crippen LogP contribution >= 0.6 is 0 Å². The van der Waals surface area contributed by atoms with Crippen molar-refractivity contribution >= 4 is 12.0 Å². The number of hydrogen-bond donors (Lipinski definition) is 2. The molecule has 0 heterocycles. The molecule has 0 bridgehead atoms. The van der Waals surface area contributed by atoms with Gasteiger partial charge in [-0.25, -0.2) is 4.79 Å². The van der Waals surface area contributed by atoms with Gasteiger partial charge < -0.3 is 15.4 Å². The Hall–Kier alpha value is -2.04. The van der Waals surface area contributed by atoms with Gasteiger partial charge in [0.05, 0.1) is 6.04 Å². The van der Waals surface area contributed by atoms with E-state index < -0.39 is 12.2 Å². The Morgan fingerprint density at radius 3 is 1.42 bits per heavy atom. The molecule has 2 amide bonds. The molecule has 1 rings (SSSR count). The van der Waals surface area contributed by atoms with Gasteiger partial charge in [-0.1, -0.05) is 192 Å². The highest BCUT2D eigenvalue weighted by molar-refractivity contribution is 5.76. The van der Waals surface area contributed by atoms with E-state index in [1.165, 1.54) is 135 Å². The fraction of sp³-hybridized carbons (Fsp3) is 0.800. The SMILES string of the molecule is CCCCCCCCCCCCCCCCCCNC(=O)O[C@H](c1ccccc1)[C@H](C)NC(=O)CCCCCCCCCCC. The molecule has 5 nitrogen and oxygen atoms in total. The third-order valence-electron chi connectivity index (χ3n) is 9.01. The Bertz CT molecular complexity index is 800. The lowest BCUT2D eigenvalue weighted by Gasteiger charge is -2.25. The van der Waals surface area contributed by atoms with Crippen LogP contribution in [0.3, 0.4) is 0 Å². The summed E-state index contributed by atoms with van der Waals surface area (Å²) >= 11 is 0. The summed E-state index contributed by atoms with van der Waals surface area (Å²) in [5.74, 6) is 0.0311.